The summed E-state index contributed by atoms with van der Waals surface area (Å²) >= 11 is 0. The van der Waals surface area contributed by atoms with Crippen molar-refractivity contribution in [1.29, 1.82) is 0 Å². The Morgan fingerprint density at radius 1 is 1.11 bits per heavy atom. The minimum absolute atomic E-state index is 0.395. The van der Waals surface area contributed by atoms with Gasteiger partial charge in [-0.15, -0.1) is 0 Å². The third kappa shape index (κ3) is 1.06. The van der Waals surface area contributed by atoms with E-state index in [0.717, 1.165) is 12.8 Å². The van der Waals surface area contributed by atoms with E-state index in [1.807, 2.05) is 12.4 Å². The molecule has 5 rings (SSSR count). The van der Waals surface area contributed by atoms with E-state index < -0.39 is 0 Å². The van der Waals surface area contributed by atoms with Crippen LogP contribution in [-0.2, 0) is 12.8 Å². The topological polar surface area (TPSA) is 19.4 Å². The van der Waals surface area contributed by atoms with Crippen LogP contribution in [0.25, 0.3) is 0 Å². The molecular weight excluding hydrogens is 234 g/mol. The number of rotatable bonds is 0. The van der Waals surface area contributed by atoms with Crippen LogP contribution in [0.15, 0.2) is 48.9 Å². The molecule has 0 amide bonds. The van der Waals surface area contributed by atoms with Gasteiger partial charge in [0, 0.05) is 30.7 Å². The van der Waals surface area contributed by atoms with Crippen LogP contribution in [0.5, 0.6) is 0 Å². The van der Waals surface area contributed by atoms with Gasteiger partial charge >= 0.3 is 0 Å². The second kappa shape index (κ2) is 3.18. The van der Waals surface area contributed by atoms with Crippen LogP contribution in [0.1, 0.15) is 11.1 Å². The van der Waals surface area contributed by atoms with Crippen molar-refractivity contribution in [2.75, 3.05) is 9.80 Å². The highest BCUT2D eigenvalue weighted by molar-refractivity contribution is 5.90. The molecule has 3 nitrogen and oxygen atoms in total. The number of allylic oxidation sites excluding steroid dienone is 1. The molecular formula is C16H13N3. The van der Waals surface area contributed by atoms with E-state index in [2.05, 4.69) is 51.3 Å². The molecule has 92 valence electrons. The van der Waals surface area contributed by atoms with E-state index in [4.69, 9.17) is 0 Å². The summed E-state index contributed by atoms with van der Waals surface area (Å²) in [6, 6.07) is 8.79. The first kappa shape index (κ1) is 9.62. The molecule has 3 aliphatic rings. The quantitative estimate of drug-likeness (QED) is 0.713. The van der Waals surface area contributed by atoms with Crippen LogP contribution in [-0.4, -0.2) is 11.1 Å². The van der Waals surface area contributed by atoms with E-state index in [-0.39, 0.29) is 0 Å². The fourth-order valence-electron chi connectivity index (χ4n) is 3.62. The first-order valence-corrected chi connectivity index (χ1v) is 6.72. The molecule has 0 saturated carbocycles. The monoisotopic (exact) mass is 247 g/mol. The molecule has 0 radical (unpaired) electrons. The second-order valence-corrected chi connectivity index (χ2v) is 5.34. The molecule has 0 fully saturated rings. The third-order valence-corrected chi connectivity index (χ3v) is 4.38. The zero-order valence-corrected chi connectivity index (χ0v) is 10.5. The number of para-hydroxylation sites is 1. The number of aromatic nitrogens is 1. The van der Waals surface area contributed by atoms with Crippen molar-refractivity contribution < 1.29 is 0 Å². The largest absolute Gasteiger partial charge is 0.325 e. The molecule has 2 aromatic rings. The molecule has 19 heavy (non-hydrogen) atoms. The van der Waals surface area contributed by atoms with Crippen LogP contribution in [0.4, 0.5) is 17.1 Å². The number of hydrogen-bond donors (Lipinski definition) is 0. The minimum atomic E-state index is 0.395. The van der Waals surface area contributed by atoms with Crippen molar-refractivity contribution in [3.63, 3.8) is 0 Å². The van der Waals surface area contributed by atoms with Gasteiger partial charge in [0.2, 0.25) is 0 Å². The normalized spacial score (nSPS) is 21.4. The predicted molar refractivity (Wildman–Crippen MR) is 75.6 cm³/mol. The van der Waals surface area contributed by atoms with Gasteiger partial charge in [-0.25, -0.2) is 0 Å². The standard InChI is InChI=1S/C16H13N3/c1-3-11-4-2-8-18-15-9-12-10-17-7-6-13(12)19(15)14(5-1)16(11)18/h1-3,5-8,10,15H,4,9H2. The summed E-state index contributed by atoms with van der Waals surface area (Å²) < 4.78 is 0. The van der Waals surface area contributed by atoms with E-state index in [9.17, 15) is 0 Å². The molecule has 0 spiro atoms. The van der Waals surface area contributed by atoms with Gasteiger partial charge in [0.05, 0.1) is 11.4 Å². The molecule has 0 aliphatic carbocycles. The van der Waals surface area contributed by atoms with E-state index in [1.54, 1.807) is 0 Å². The highest BCUT2D eigenvalue weighted by Crippen LogP contribution is 2.52. The summed E-state index contributed by atoms with van der Waals surface area (Å²) in [4.78, 5) is 9.15. The maximum absolute atomic E-state index is 4.26. The van der Waals surface area contributed by atoms with Crippen molar-refractivity contribution >= 4 is 17.1 Å². The maximum atomic E-state index is 4.26. The average Bonchev–Trinajstić information content (AvgIpc) is 2.98. The van der Waals surface area contributed by atoms with Crippen LogP contribution in [0.2, 0.25) is 0 Å². The molecule has 1 unspecified atom stereocenters. The SMILES string of the molecule is C1=CN2c3c(cccc3N3c4ccncc4CC23)C1. The minimum Gasteiger partial charge on any atom is -0.325 e. The highest BCUT2D eigenvalue weighted by Gasteiger charge is 2.42. The van der Waals surface area contributed by atoms with Crippen molar-refractivity contribution in [3.8, 4) is 0 Å². The van der Waals surface area contributed by atoms with Gasteiger partial charge in [0.15, 0.2) is 0 Å². The summed E-state index contributed by atoms with van der Waals surface area (Å²) in [6.07, 6.45) is 10.9. The van der Waals surface area contributed by atoms with E-state index in [1.165, 1.54) is 28.2 Å². The number of anilines is 3. The number of hydrogen-bond acceptors (Lipinski definition) is 3. The number of fused-ring (bicyclic) bond motifs is 5. The average molecular weight is 247 g/mol. The molecule has 3 heteroatoms. The zero-order valence-electron chi connectivity index (χ0n) is 10.5. The summed E-state index contributed by atoms with van der Waals surface area (Å²) in [7, 11) is 0. The first-order valence-electron chi connectivity index (χ1n) is 6.72. The molecule has 1 atom stereocenters. The van der Waals surface area contributed by atoms with Gasteiger partial charge < -0.3 is 9.80 Å². The maximum Gasteiger partial charge on any atom is 0.115 e. The lowest BCUT2D eigenvalue weighted by Crippen LogP contribution is -2.36. The molecule has 0 bridgehead atoms. The highest BCUT2D eigenvalue weighted by atomic mass is 15.4. The number of benzene rings is 1. The van der Waals surface area contributed by atoms with Crippen molar-refractivity contribution in [2.24, 2.45) is 0 Å². The fraction of sp³-hybridized carbons (Fsp3) is 0.188. The van der Waals surface area contributed by atoms with Crippen molar-refractivity contribution in [1.82, 2.24) is 4.98 Å². The predicted octanol–water partition coefficient (Wildman–Crippen LogP) is 2.99. The second-order valence-electron chi connectivity index (χ2n) is 5.34. The lowest BCUT2D eigenvalue weighted by Gasteiger charge is -2.26. The van der Waals surface area contributed by atoms with Crippen molar-refractivity contribution in [2.45, 2.75) is 19.0 Å². The van der Waals surface area contributed by atoms with E-state index in [0.29, 0.717) is 6.17 Å². The Bertz CT molecular complexity index is 720. The lowest BCUT2D eigenvalue weighted by molar-refractivity contribution is 0.718. The fourth-order valence-corrected chi connectivity index (χ4v) is 3.62. The molecule has 3 aliphatic heterocycles. The van der Waals surface area contributed by atoms with Gasteiger partial charge in [-0.3, -0.25) is 4.98 Å². The van der Waals surface area contributed by atoms with Gasteiger partial charge in [0.25, 0.3) is 0 Å². The lowest BCUT2D eigenvalue weighted by atomic mass is 10.0. The summed E-state index contributed by atoms with van der Waals surface area (Å²) in [5, 5.41) is 0. The Balaban J connectivity index is 1.80. The Morgan fingerprint density at radius 3 is 3.11 bits per heavy atom. The van der Waals surface area contributed by atoms with Crippen LogP contribution < -0.4 is 9.80 Å². The Kier molecular flexibility index (Phi) is 1.61. The molecule has 1 aromatic heterocycles. The van der Waals surface area contributed by atoms with Crippen LogP contribution >= 0.6 is 0 Å². The van der Waals surface area contributed by atoms with E-state index >= 15 is 0 Å². The van der Waals surface area contributed by atoms with Gasteiger partial charge in [-0.1, -0.05) is 18.2 Å². The van der Waals surface area contributed by atoms with Crippen molar-refractivity contribution in [3.05, 3.63) is 60.1 Å². The molecule has 1 aromatic carbocycles. The number of pyridine rings is 1. The Labute approximate surface area is 111 Å². The zero-order chi connectivity index (χ0) is 12.4. The van der Waals surface area contributed by atoms with Gasteiger partial charge in [0.1, 0.15) is 6.17 Å². The Hall–Kier alpha value is -2.29. The van der Waals surface area contributed by atoms with Crippen LogP contribution in [0, 0.1) is 0 Å². The first-order chi connectivity index (χ1) is 9.43. The molecule has 0 N–H and O–H groups in total. The Morgan fingerprint density at radius 2 is 2.11 bits per heavy atom. The van der Waals surface area contributed by atoms with Gasteiger partial charge in [-0.05, 0) is 29.7 Å². The summed E-state index contributed by atoms with van der Waals surface area (Å²) in [5.74, 6) is 0. The number of nitrogens with zero attached hydrogens (tertiary/aromatic N) is 3. The smallest absolute Gasteiger partial charge is 0.115 e. The molecule has 4 heterocycles. The third-order valence-electron chi connectivity index (χ3n) is 4.38. The van der Waals surface area contributed by atoms with Crippen LogP contribution in [0.3, 0.4) is 0 Å². The summed E-state index contributed by atoms with van der Waals surface area (Å²) in [5.41, 5.74) is 6.85. The van der Waals surface area contributed by atoms with Gasteiger partial charge in [-0.2, -0.15) is 0 Å². The molecule has 0 saturated heterocycles. The summed E-state index contributed by atoms with van der Waals surface area (Å²) in [6.45, 7) is 0.